The lowest BCUT2D eigenvalue weighted by Gasteiger charge is -2.42. The van der Waals surface area contributed by atoms with Crippen LogP contribution in [0.2, 0.25) is 0 Å². The molecule has 0 aromatic carbocycles. The molecular weight excluding hydrogens is 411 g/mol. The van der Waals surface area contributed by atoms with Gasteiger partial charge >= 0.3 is 0 Å². The van der Waals surface area contributed by atoms with Crippen molar-refractivity contribution in [3.8, 4) is 0 Å². The largest absolute Gasteiger partial charge is 0.356 e. The third-order valence-electron chi connectivity index (χ3n) is 4.96. The summed E-state index contributed by atoms with van der Waals surface area (Å²) in [5.74, 6) is 1.05. The quantitative estimate of drug-likeness (QED) is 0.424. The van der Waals surface area contributed by atoms with Gasteiger partial charge in [-0.1, -0.05) is 20.3 Å². The molecule has 1 unspecified atom stereocenters. The molecule has 1 aliphatic rings. The fourth-order valence-corrected chi connectivity index (χ4v) is 3.73. The van der Waals surface area contributed by atoms with E-state index >= 15 is 0 Å². The second-order valence-corrected chi connectivity index (χ2v) is 7.11. The maximum Gasteiger partial charge on any atom is 0.193 e. The van der Waals surface area contributed by atoms with Crippen LogP contribution in [0.4, 0.5) is 0 Å². The molecule has 1 N–H and O–H groups in total. The molecule has 5 heteroatoms. The van der Waals surface area contributed by atoms with E-state index in [1.807, 2.05) is 19.4 Å². The summed E-state index contributed by atoms with van der Waals surface area (Å²) in [5, 5.41) is 3.55. The zero-order valence-electron chi connectivity index (χ0n) is 15.6. The van der Waals surface area contributed by atoms with Crippen molar-refractivity contribution in [1.82, 2.24) is 15.2 Å². The van der Waals surface area contributed by atoms with Crippen LogP contribution in [0.5, 0.6) is 0 Å². The molecule has 2 rings (SSSR count). The number of hydrogen-bond acceptors (Lipinski definition) is 2. The van der Waals surface area contributed by atoms with Gasteiger partial charge in [0.15, 0.2) is 5.96 Å². The van der Waals surface area contributed by atoms with Gasteiger partial charge in [-0.15, -0.1) is 24.0 Å². The SMILES string of the molecule is CCCC1(C)CCCN(C(=NC)NCCc2ccncc2C)C1.I. The molecule has 0 aliphatic carbocycles. The van der Waals surface area contributed by atoms with Gasteiger partial charge in [-0.3, -0.25) is 9.98 Å². The van der Waals surface area contributed by atoms with Gasteiger partial charge in [0.25, 0.3) is 0 Å². The minimum Gasteiger partial charge on any atom is -0.356 e. The second-order valence-electron chi connectivity index (χ2n) is 7.11. The van der Waals surface area contributed by atoms with Gasteiger partial charge in [0.05, 0.1) is 0 Å². The number of likely N-dealkylation sites (tertiary alicyclic amines) is 1. The smallest absolute Gasteiger partial charge is 0.193 e. The Bertz CT molecular complexity index is 528. The summed E-state index contributed by atoms with van der Waals surface area (Å²) in [6.07, 6.45) is 9.98. The summed E-state index contributed by atoms with van der Waals surface area (Å²) < 4.78 is 0. The summed E-state index contributed by atoms with van der Waals surface area (Å²) >= 11 is 0. The topological polar surface area (TPSA) is 40.5 Å². The highest BCUT2D eigenvalue weighted by atomic mass is 127. The molecule has 0 radical (unpaired) electrons. The van der Waals surface area contributed by atoms with Gasteiger partial charge < -0.3 is 10.2 Å². The Balaban J connectivity index is 0.00000288. The van der Waals surface area contributed by atoms with E-state index in [-0.39, 0.29) is 24.0 Å². The minimum atomic E-state index is 0. The van der Waals surface area contributed by atoms with E-state index in [1.54, 1.807) is 0 Å². The number of aromatic nitrogens is 1. The van der Waals surface area contributed by atoms with Crippen LogP contribution in [-0.4, -0.2) is 42.5 Å². The number of hydrogen-bond donors (Lipinski definition) is 1. The van der Waals surface area contributed by atoms with Crippen LogP contribution in [0, 0.1) is 12.3 Å². The molecule has 1 atom stereocenters. The van der Waals surface area contributed by atoms with E-state index < -0.39 is 0 Å². The highest BCUT2D eigenvalue weighted by Crippen LogP contribution is 2.33. The van der Waals surface area contributed by atoms with Crippen LogP contribution in [0.25, 0.3) is 0 Å². The number of aliphatic imine (C=N–C) groups is 1. The average molecular weight is 444 g/mol. The molecular formula is C19H33IN4. The Hall–Kier alpha value is -0.850. The molecule has 0 amide bonds. The number of nitrogens with zero attached hydrogens (tertiary/aromatic N) is 3. The molecule has 0 saturated carbocycles. The van der Waals surface area contributed by atoms with Crippen molar-refractivity contribution in [1.29, 1.82) is 0 Å². The monoisotopic (exact) mass is 444 g/mol. The standard InChI is InChI=1S/C19H32N4.HI/c1-5-9-19(3)10-6-13-23(15-19)18(20-4)22-12-8-17-7-11-21-14-16(17)2;/h7,11,14H,5-6,8-10,12-13,15H2,1-4H3,(H,20,22);1H. The Kier molecular flexibility index (Phi) is 9.02. The van der Waals surface area contributed by atoms with Crippen molar-refractivity contribution in [2.45, 2.75) is 52.9 Å². The maximum atomic E-state index is 4.51. The van der Waals surface area contributed by atoms with Gasteiger partial charge in [0.2, 0.25) is 0 Å². The predicted octanol–water partition coefficient (Wildman–Crippen LogP) is 4.03. The van der Waals surface area contributed by atoms with Crippen LogP contribution in [-0.2, 0) is 6.42 Å². The van der Waals surface area contributed by atoms with Crippen LogP contribution in [0.15, 0.2) is 23.5 Å². The molecule has 24 heavy (non-hydrogen) atoms. The summed E-state index contributed by atoms with van der Waals surface area (Å²) in [6.45, 7) is 9.99. The number of piperidine rings is 1. The highest BCUT2D eigenvalue weighted by Gasteiger charge is 2.31. The Morgan fingerprint density at radius 2 is 2.25 bits per heavy atom. The zero-order chi connectivity index (χ0) is 16.7. The zero-order valence-corrected chi connectivity index (χ0v) is 18.0. The number of pyridine rings is 1. The van der Waals surface area contributed by atoms with Crippen LogP contribution < -0.4 is 5.32 Å². The van der Waals surface area contributed by atoms with E-state index in [4.69, 9.17) is 0 Å². The lowest BCUT2D eigenvalue weighted by Crippen LogP contribution is -2.50. The Labute approximate surface area is 164 Å². The van der Waals surface area contributed by atoms with E-state index in [0.717, 1.165) is 32.0 Å². The lowest BCUT2D eigenvalue weighted by molar-refractivity contribution is 0.142. The summed E-state index contributed by atoms with van der Waals surface area (Å²) in [5.41, 5.74) is 3.06. The number of nitrogens with one attached hydrogen (secondary N) is 1. The first-order chi connectivity index (χ1) is 11.1. The molecule has 1 aromatic heterocycles. The van der Waals surface area contributed by atoms with Crippen molar-refractivity contribution < 1.29 is 0 Å². The second kappa shape index (κ2) is 10.2. The molecule has 0 bridgehead atoms. The van der Waals surface area contributed by atoms with E-state index in [1.165, 1.54) is 36.8 Å². The van der Waals surface area contributed by atoms with E-state index in [0.29, 0.717) is 5.41 Å². The van der Waals surface area contributed by atoms with Crippen molar-refractivity contribution in [3.63, 3.8) is 0 Å². The fraction of sp³-hybridized carbons (Fsp3) is 0.684. The minimum absolute atomic E-state index is 0. The predicted molar refractivity (Wildman–Crippen MR) is 113 cm³/mol. The first-order valence-corrected chi connectivity index (χ1v) is 8.93. The van der Waals surface area contributed by atoms with E-state index in [2.05, 4.69) is 47.0 Å². The fourth-order valence-electron chi connectivity index (χ4n) is 3.73. The van der Waals surface area contributed by atoms with Crippen LogP contribution in [0.3, 0.4) is 0 Å². The lowest BCUT2D eigenvalue weighted by atomic mass is 9.78. The average Bonchev–Trinajstić information content (AvgIpc) is 2.53. The molecule has 2 heterocycles. The highest BCUT2D eigenvalue weighted by molar-refractivity contribution is 14.0. The third-order valence-corrected chi connectivity index (χ3v) is 4.96. The molecule has 0 spiro atoms. The number of aryl methyl sites for hydroxylation is 1. The van der Waals surface area contributed by atoms with Gasteiger partial charge in [-0.05, 0) is 55.2 Å². The third kappa shape index (κ3) is 5.90. The normalized spacial score (nSPS) is 21.3. The van der Waals surface area contributed by atoms with Crippen LogP contribution in [0.1, 0.15) is 50.7 Å². The van der Waals surface area contributed by atoms with Crippen molar-refractivity contribution in [2.75, 3.05) is 26.7 Å². The number of guanidine groups is 1. The van der Waals surface area contributed by atoms with Gasteiger partial charge in [0, 0.05) is 39.1 Å². The van der Waals surface area contributed by atoms with Crippen LogP contribution >= 0.6 is 24.0 Å². The first-order valence-electron chi connectivity index (χ1n) is 8.93. The van der Waals surface area contributed by atoms with Gasteiger partial charge in [-0.25, -0.2) is 0 Å². The summed E-state index contributed by atoms with van der Waals surface area (Å²) in [7, 11) is 1.89. The molecule has 1 fully saturated rings. The van der Waals surface area contributed by atoms with Crippen molar-refractivity contribution >= 4 is 29.9 Å². The molecule has 1 aromatic rings. The molecule has 4 nitrogen and oxygen atoms in total. The first kappa shape index (κ1) is 21.2. The number of rotatable bonds is 5. The van der Waals surface area contributed by atoms with Crippen molar-refractivity contribution in [3.05, 3.63) is 29.6 Å². The van der Waals surface area contributed by atoms with Gasteiger partial charge in [-0.2, -0.15) is 0 Å². The van der Waals surface area contributed by atoms with Crippen molar-refractivity contribution in [2.24, 2.45) is 10.4 Å². The number of halogens is 1. The molecule has 136 valence electrons. The van der Waals surface area contributed by atoms with Gasteiger partial charge in [0.1, 0.15) is 0 Å². The summed E-state index contributed by atoms with van der Waals surface area (Å²) in [6, 6.07) is 2.11. The Morgan fingerprint density at radius 3 is 2.92 bits per heavy atom. The molecule has 1 aliphatic heterocycles. The summed E-state index contributed by atoms with van der Waals surface area (Å²) in [4.78, 5) is 11.1. The molecule has 1 saturated heterocycles. The van der Waals surface area contributed by atoms with E-state index in [9.17, 15) is 0 Å². The maximum absolute atomic E-state index is 4.51. The Morgan fingerprint density at radius 1 is 1.46 bits per heavy atom.